The lowest BCUT2D eigenvalue weighted by Crippen LogP contribution is -2.00. The Kier molecular flexibility index (Phi) is 3.04. The van der Waals surface area contributed by atoms with Gasteiger partial charge in [0.2, 0.25) is 0 Å². The first-order valence-electron chi connectivity index (χ1n) is 4.72. The van der Waals surface area contributed by atoms with Gasteiger partial charge in [-0.25, -0.2) is 0 Å². The molecule has 0 spiro atoms. The molecule has 1 aromatic carbocycles. The zero-order valence-electron chi connectivity index (χ0n) is 9.82. The molecule has 0 aliphatic carbocycles. The highest BCUT2D eigenvalue weighted by Gasteiger charge is 2.15. The van der Waals surface area contributed by atoms with E-state index in [0.29, 0.717) is 0 Å². The van der Waals surface area contributed by atoms with Crippen LogP contribution < -0.4 is 9.47 Å². The van der Waals surface area contributed by atoms with E-state index in [9.17, 15) is 0 Å². The SMILES string of the molecule is COc1c(C)c(C)c(C)c(OC)c1C. The second-order valence-electron chi connectivity index (χ2n) is 3.57. The molecule has 0 fully saturated rings. The highest BCUT2D eigenvalue weighted by Crippen LogP contribution is 2.36. The van der Waals surface area contributed by atoms with Gasteiger partial charge in [-0.05, 0) is 44.4 Å². The minimum absolute atomic E-state index is 0.935. The fourth-order valence-electron chi connectivity index (χ4n) is 1.90. The van der Waals surface area contributed by atoms with Crippen molar-refractivity contribution in [3.8, 4) is 11.5 Å². The summed E-state index contributed by atoms with van der Waals surface area (Å²) in [6.45, 7) is 8.27. The van der Waals surface area contributed by atoms with Crippen molar-refractivity contribution in [1.29, 1.82) is 0 Å². The van der Waals surface area contributed by atoms with Crippen LogP contribution in [0.5, 0.6) is 11.5 Å². The van der Waals surface area contributed by atoms with E-state index in [1.807, 2.05) is 6.92 Å². The predicted octanol–water partition coefficient (Wildman–Crippen LogP) is 2.94. The molecule has 0 heterocycles. The third-order valence-electron chi connectivity index (χ3n) is 2.90. The average molecular weight is 194 g/mol. The van der Waals surface area contributed by atoms with Gasteiger partial charge < -0.3 is 9.47 Å². The standard InChI is InChI=1S/C12H18O2/c1-7-8(2)11(13-5)10(4)12(14-6)9(7)3/h1-6H3. The first-order valence-corrected chi connectivity index (χ1v) is 4.72. The Balaban J connectivity index is 3.56. The second-order valence-corrected chi connectivity index (χ2v) is 3.57. The van der Waals surface area contributed by atoms with Crippen LogP contribution in [0, 0.1) is 27.7 Å². The van der Waals surface area contributed by atoms with E-state index in [-0.39, 0.29) is 0 Å². The Morgan fingerprint density at radius 1 is 0.571 bits per heavy atom. The molecule has 0 saturated carbocycles. The molecule has 78 valence electrons. The van der Waals surface area contributed by atoms with E-state index >= 15 is 0 Å². The average Bonchev–Trinajstić information content (AvgIpc) is 2.16. The van der Waals surface area contributed by atoms with Gasteiger partial charge in [0.15, 0.2) is 0 Å². The van der Waals surface area contributed by atoms with Crippen LogP contribution in [0.1, 0.15) is 22.3 Å². The summed E-state index contributed by atoms with van der Waals surface area (Å²) in [5.41, 5.74) is 4.71. The van der Waals surface area contributed by atoms with Gasteiger partial charge in [0.1, 0.15) is 11.5 Å². The molecular formula is C12H18O2. The maximum absolute atomic E-state index is 5.37. The molecule has 0 aliphatic rings. The van der Waals surface area contributed by atoms with Gasteiger partial charge in [-0.2, -0.15) is 0 Å². The van der Waals surface area contributed by atoms with Gasteiger partial charge in [0, 0.05) is 5.56 Å². The Hall–Kier alpha value is -1.18. The summed E-state index contributed by atoms with van der Waals surface area (Å²) in [5, 5.41) is 0. The van der Waals surface area contributed by atoms with Crippen molar-refractivity contribution in [2.45, 2.75) is 27.7 Å². The van der Waals surface area contributed by atoms with Crippen molar-refractivity contribution < 1.29 is 9.47 Å². The molecule has 0 aliphatic heterocycles. The third kappa shape index (κ3) is 1.45. The van der Waals surface area contributed by atoms with Crippen LogP contribution in [0.25, 0.3) is 0 Å². The van der Waals surface area contributed by atoms with Gasteiger partial charge in [-0.3, -0.25) is 0 Å². The summed E-state index contributed by atoms with van der Waals surface area (Å²) >= 11 is 0. The predicted molar refractivity (Wildman–Crippen MR) is 58.5 cm³/mol. The largest absolute Gasteiger partial charge is 0.496 e. The van der Waals surface area contributed by atoms with Crippen molar-refractivity contribution in [3.05, 3.63) is 22.3 Å². The number of hydrogen-bond donors (Lipinski definition) is 0. The summed E-state index contributed by atoms with van der Waals surface area (Å²) in [4.78, 5) is 0. The minimum Gasteiger partial charge on any atom is -0.496 e. The van der Waals surface area contributed by atoms with Crippen molar-refractivity contribution in [2.24, 2.45) is 0 Å². The second kappa shape index (κ2) is 3.91. The van der Waals surface area contributed by atoms with Gasteiger partial charge >= 0.3 is 0 Å². The lowest BCUT2D eigenvalue weighted by atomic mass is 9.98. The Labute approximate surface area is 85.8 Å². The van der Waals surface area contributed by atoms with Gasteiger partial charge in [0.25, 0.3) is 0 Å². The number of hydrogen-bond acceptors (Lipinski definition) is 2. The van der Waals surface area contributed by atoms with Crippen molar-refractivity contribution in [3.63, 3.8) is 0 Å². The van der Waals surface area contributed by atoms with E-state index in [2.05, 4.69) is 20.8 Å². The molecule has 0 atom stereocenters. The quantitative estimate of drug-likeness (QED) is 0.720. The molecule has 1 aromatic rings. The van der Waals surface area contributed by atoms with E-state index < -0.39 is 0 Å². The van der Waals surface area contributed by atoms with Crippen molar-refractivity contribution >= 4 is 0 Å². The number of ether oxygens (including phenoxy) is 2. The number of benzene rings is 1. The normalized spacial score (nSPS) is 10.1. The number of methoxy groups -OCH3 is 2. The number of rotatable bonds is 2. The van der Waals surface area contributed by atoms with Crippen LogP contribution >= 0.6 is 0 Å². The molecule has 0 radical (unpaired) electrons. The summed E-state index contributed by atoms with van der Waals surface area (Å²) in [6, 6.07) is 0. The lowest BCUT2D eigenvalue weighted by Gasteiger charge is -2.18. The first-order chi connectivity index (χ1) is 6.54. The Bertz CT molecular complexity index is 323. The van der Waals surface area contributed by atoms with E-state index in [1.54, 1.807) is 14.2 Å². The molecule has 0 N–H and O–H groups in total. The highest BCUT2D eigenvalue weighted by atomic mass is 16.5. The molecule has 14 heavy (non-hydrogen) atoms. The molecule has 1 rings (SSSR count). The first kappa shape index (κ1) is 10.9. The summed E-state index contributed by atoms with van der Waals surface area (Å²) < 4.78 is 10.7. The summed E-state index contributed by atoms with van der Waals surface area (Å²) in [7, 11) is 3.40. The molecule has 0 unspecified atom stereocenters. The van der Waals surface area contributed by atoms with Crippen LogP contribution in [-0.2, 0) is 0 Å². The fourth-order valence-corrected chi connectivity index (χ4v) is 1.90. The highest BCUT2D eigenvalue weighted by molar-refractivity contribution is 5.57. The Morgan fingerprint density at radius 2 is 0.929 bits per heavy atom. The minimum atomic E-state index is 0.935. The van der Waals surface area contributed by atoms with Crippen molar-refractivity contribution in [1.82, 2.24) is 0 Å². The summed E-state index contributed by atoms with van der Waals surface area (Å²) in [6.07, 6.45) is 0. The Morgan fingerprint density at radius 3 is 1.21 bits per heavy atom. The maximum Gasteiger partial charge on any atom is 0.128 e. The zero-order chi connectivity index (χ0) is 10.9. The summed E-state index contributed by atoms with van der Waals surface area (Å²) in [5.74, 6) is 1.87. The monoisotopic (exact) mass is 194 g/mol. The van der Waals surface area contributed by atoms with Crippen molar-refractivity contribution in [2.75, 3.05) is 14.2 Å². The molecule has 2 heteroatoms. The molecule has 0 amide bonds. The topological polar surface area (TPSA) is 18.5 Å². The van der Waals surface area contributed by atoms with E-state index in [4.69, 9.17) is 9.47 Å². The molecule has 0 saturated heterocycles. The van der Waals surface area contributed by atoms with Crippen LogP contribution in [0.4, 0.5) is 0 Å². The van der Waals surface area contributed by atoms with Crippen LogP contribution in [0.3, 0.4) is 0 Å². The lowest BCUT2D eigenvalue weighted by molar-refractivity contribution is 0.384. The fraction of sp³-hybridized carbons (Fsp3) is 0.500. The third-order valence-corrected chi connectivity index (χ3v) is 2.90. The molecular weight excluding hydrogens is 176 g/mol. The molecule has 0 bridgehead atoms. The van der Waals surface area contributed by atoms with Gasteiger partial charge in [0.05, 0.1) is 14.2 Å². The molecule has 2 nitrogen and oxygen atoms in total. The smallest absolute Gasteiger partial charge is 0.128 e. The zero-order valence-corrected chi connectivity index (χ0v) is 9.82. The van der Waals surface area contributed by atoms with E-state index in [0.717, 1.165) is 17.1 Å². The van der Waals surface area contributed by atoms with Gasteiger partial charge in [-0.15, -0.1) is 0 Å². The van der Waals surface area contributed by atoms with Crippen LogP contribution in [0.15, 0.2) is 0 Å². The van der Waals surface area contributed by atoms with Gasteiger partial charge in [-0.1, -0.05) is 0 Å². The maximum atomic E-state index is 5.37. The molecule has 0 aromatic heterocycles. The van der Waals surface area contributed by atoms with Crippen LogP contribution in [0.2, 0.25) is 0 Å². The van der Waals surface area contributed by atoms with Crippen LogP contribution in [-0.4, -0.2) is 14.2 Å². The van der Waals surface area contributed by atoms with E-state index in [1.165, 1.54) is 16.7 Å².